The van der Waals surface area contributed by atoms with Crippen LogP contribution in [0.2, 0.25) is 0 Å². The van der Waals surface area contributed by atoms with Crippen LogP contribution in [0.25, 0.3) is 11.0 Å². The summed E-state index contributed by atoms with van der Waals surface area (Å²) in [4.78, 5) is 14.8. The molecule has 0 bridgehead atoms. The molecule has 4 heteroatoms. The Morgan fingerprint density at radius 3 is 2.48 bits per heavy atom. The highest BCUT2D eigenvalue weighted by molar-refractivity contribution is 6.00. The number of aryl methyl sites for hydroxylation is 3. The second-order valence-electron chi connectivity index (χ2n) is 6.75. The van der Waals surface area contributed by atoms with Crippen LogP contribution in [0.4, 0.5) is 0 Å². The van der Waals surface area contributed by atoms with Crippen LogP contribution in [-0.2, 0) is 0 Å². The number of benzene rings is 1. The van der Waals surface area contributed by atoms with E-state index in [-0.39, 0.29) is 5.91 Å². The zero-order chi connectivity index (χ0) is 16.6. The molecule has 0 unspecified atom stereocenters. The van der Waals surface area contributed by atoms with E-state index in [9.17, 15) is 4.79 Å². The molecule has 2 aromatic rings. The monoisotopic (exact) mass is 314 g/mol. The van der Waals surface area contributed by atoms with Crippen LogP contribution in [0, 0.1) is 26.7 Å². The van der Waals surface area contributed by atoms with Crippen LogP contribution in [0.5, 0.6) is 0 Å². The minimum absolute atomic E-state index is 0.0420. The van der Waals surface area contributed by atoms with Gasteiger partial charge < -0.3 is 14.6 Å². The molecule has 0 atom stereocenters. The Kier molecular flexibility index (Phi) is 4.44. The van der Waals surface area contributed by atoms with Crippen molar-refractivity contribution in [2.75, 3.05) is 26.7 Å². The first-order valence-electron chi connectivity index (χ1n) is 8.46. The first-order valence-corrected chi connectivity index (χ1v) is 8.46. The second kappa shape index (κ2) is 6.36. The molecule has 0 radical (unpaired) electrons. The van der Waals surface area contributed by atoms with Crippen molar-refractivity contribution < 1.29 is 9.21 Å². The van der Waals surface area contributed by atoms with E-state index in [1.54, 1.807) is 0 Å². The minimum Gasteiger partial charge on any atom is -0.450 e. The molecule has 3 rings (SSSR count). The molecule has 1 N–H and O–H groups in total. The molecular weight excluding hydrogens is 288 g/mol. The van der Waals surface area contributed by atoms with Crippen LogP contribution in [0.15, 0.2) is 16.5 Å². The van der Waals surface area contributed by atoms with Gasteiger partial charge >= 0.3 is 0 Å². The zero-order valence-electron chi connectivity index (χ0n) is 14.5. The van der Waals surface area contributed by atoms with Gasteiger partial charge in [-0.25, -0.2) is 0 Å². The SMILES string of the molecule is CNCC1CCN(C(=O)c2oc3c(C)ccc(C)c3c2C)CC1. The summed E-state index contributed by atoms with van der Waals surface area (Å²) in [6, 6.07) is 4.15. The topological polar surface area (TPSA) is 45.5 Å². The average Bonchev–Trinajstić information content (AvgIpc) is 2.90. The summed E-state index contributed by atoms with van der Waals surface area (Å²) in [5.74, 6) is 1.23. The number of likely N-dealkylation sites (tertiary alicyclic amines) is 1. The van der Waals surface area contributed by atoms with E-state index in [2.05, 4.69) is 24.4 Å². The number of furan rings is 1. The predicted octanol–water partition coefficient (Wildman–Crippen LogP) is 3.43. The van der Waals surface area contributed by atoms with Gasteiger partial charge in [-0.05, 0) is 64.3 Å². The molecule has 1 aromatic heterocycles. The summed E-state index contributed by atoms with van der Waals surface area (Å²) in [7, 11) is 1.99. The summed E-state index contributed by atoms with van der Waals surface area (Å²) < 4.78 is 6.00. The van der Waals surface area contributed by atoms with Gasteiger partial charge in [0.2, 0.25) is 0 Å². The molecule has 0 saturated carbocycles. The summed E-state index contributed by atoms with van der Waals surface area (Å²) in [5, 5.41) is 4.33. The molecule has 1 aromatic carbocycles. The van der Waals surface area contributed by atoms with Crippen molar-refractivity contribution in [1.82, 2.24) is 10.2 Å². The van der Waals surface area contributed by atoms with Crippen LogP contribution in [-0.4, -0.2) is 37.5 Å². The van der Waals surface area contributed by atoms with Gasteiger partial charge in [0, 0.05) is 24.0 Å². The molecule has 2 heterocycles. The Labute approximate surface area is 137 Å². The van der Waals surface area contributed by atoms with Crippen molar-refractivity contribution in [3.63, 3.8) is 0 Å². The van der Waals surface area contributed by atoms with Crippen LogP contribution in [0.1, 0.15) is 40.1 Å². The first kappa shape index (κ1) is 16.1. The highest BCUT2D eigenvalue weighted by Gasteiger charge is 2.27. The van der Waals surface area contributed by atoms with Gasteiger partial charge in [-0.1, -0.05) is 12.1 Å². The maximum absolute atomic E-state index is 12.9. The fourth-order valence-corrected chi connectivity index (χ4v) is 3.65. The zero-order valence-corrected chi connectivity index (χ0v) is 14.5. The van der Waals surface area contributed by atoms with Crippen molar-refractivity contribution in [1.29, 1.82) is 0 Å². The van der Waals surface area contributed by atoms with E-state index in [4.69, 9.17) is 4.42 Å². The van der Waals surface area contributed by atoms with Crippen molar-refractivity contribution >= 4 is 16.9 Å². The summed E-state index contributed by atoms with van der Waals surface area (Å²) in [6.07, 6.45) is 2.12. The van der Waals surface area contributed by atoms with E-state index in [1.807, 2.05) is 25.8 Å². The average molecular weight is 314 g/mol. The lowest BCUT2D eigenvalue weighted by atomic mass is 9.96. The van der Waals surface area contributed by atoms with Gasteiger partial charge in [-0.2, -0.15) is 0 Å². The summed E-state index contributed by atoms with van der Waals surface area (Å²) in [6.45, 7) is 8.77. The Morgan fingerprint density at radius 1 is 1.22 bits per heavy atom. The number of hydrogen-bond donors (Lipinski definition) is 1. The van der Waals surface area contributed by atoms with Crippen LogP contribution < -0.4 is 5.32 Å². The van der Waals surface area contributed by atoms with Crippen LogP contribution in [0.3, 0.4) is 0 Å². The molecule has 0 spiro atoms. The molecule has 0 aliphatic carbocycles. The standard InChI is InChI=1S/C19H26N2O2/c1-12-5-6-13(2)17-16(12)14(3)18(23-17)19(22)21-9-7-15(8-10-21)11-20-4/h5-6,15,20H,7-11H2,1-4H3. The number of nitrogens with one attached hydrogen (secondary N) is 1. The molecule has 1 aliphatic heterocycles. The molecule has 1 aliphatic rings. The lowest BCUT2D eigenvalue weighted by Crippen LogP contribution is -2.40. The quantitative estimate of drug-likeness (QED) is 0.944. The van der Waals surface area contributed by atoms with E-state index in [0.717, 1.165) is 54.6 Å². The molecule has 1 amide bonds. The Balaban J connectivity index is 1.86. The number of amides is 1. The van der Waals surface area contributed by atoms with E-state index < -0.39 is 0 Å². The third kappa shape index (κ3) is 2.88. The highest BCUT2D eigenvalue weighted by atomic mass is 16.3. The van der Waals surface area contributed by atoms with Crippen LogP contribution >= 0.6 is 0 Å². The molecule has 1 saturated heterocycles. The maximum atomic E-state index is 12.9. The lowest BCUT2D eigenvalue weighted by Gasteiger charge is -2.31. The number of rotatable bonds is 3. The minimum atomic E-state index is 0.0420. The summed E-state index contributed by atoms with van der Waals surface area (Å²) >= 11 is 0. The van der Waals surface area contributed by atoms with E-state index in [1.165, 1.54) is 5.56 Å². The molecular formula is C19H26N2O2. The van der Waals surface area contributed by atoms with Gasteiger partial charge in [0.15, 0.2) is 5.76 Å². The number of piperidine rings is 1. The lowest BCUT2D eigenvalue weighted by molar-refractivity contribution is 0.0660. The first-order chi connectivity index (χ1) is 11.0. The molecule has 124 valence electrons. The Bertz CT molecular complexity index is 725. The highest BCUT2D eigenvalue weighted by Crippen LogP contribution is 2.32. The third-order valence-electron chi connectivity index (χ3n) is 5.07. The number of carbonyl (C=O) groups excluding carboxylic acids is 1. The van der Waals surface area contributed by atoms with E-state index in [0.29, 0.717) is 11.7 Å². The molecule has 23 heavy (non-hydrogen) atoms. The van der Waals surface area contributed by atoms with Gasteiger partial charge in [0.05, 0.1) is 0 Å². The van der Waals surface area contributed by atoms with E-state index >= 15 is 0 Å². The predicted molar refractivity (Wildman–Crippen MR) is 93.0 cm³/mol. The van der Waals surface area contributed by atoms with Gasteiger partial charge in [0.25, 0.3) is 5.91 Å². The smallest absolute Gasteiger partial charge is 0.289 e. The summed E-state index contributed by atoms with van der Waals surface area (Å²) in [5.41, 5.74) is 4.08. The maximum Gasteiger partial charge on any atom is 0.289 e. The number of nitrogens with zero attached hydrogens (tertiary/aromatic N) is 1. The number of fused-ring (bicyclic) bond motifs is 1. The van der Waals surface area contributed by atoms with Gasteiger partial charge in [-0.15, -0.1) is 0 Å². The number of carbonyl (C=O) groups is 1. The van der Waals surface area contributed by atoms with Crippen molar-refractivity contribution in [2.24, 2.45) is 5.92 Å². The normalized spacial score (nSPS) is 16.3. The Hall–Kier alpha value is -1.81. The molecule has 1 fully saturated rings. The number of hydrogen-bond acceptors (Lipinski definition) is 3. The van der Waals surface area contributed by atoms with Crippen molar-refractivity contribution in [3.05, 3.63) is 34.6 Å². The fourth-order valence-electron chi connectivity index (χ4n) is 3.65. The Morgan fingerprint density at radius 2 is 1.87 bits per heavy atom. The van der Waals surface area contributed by atoms with Gasteiger partial charge in [0.1, 0.15) is 5.58 Å². The van der Waals surface area contributed by atoms with Crippen molar-refractivity contribution in [2.45, 2.75) is 33.6 Å². The van der Waals surface area contributed by atoms with Crippen molar-refractivity contribution in [3.8, 4) is 0 Å². The third-order valence-corrected chi connectivity index (χ3v) is 5.07. The second-order valence-corrected chi connectivity index (χ2v) is 6.75. The largest absolute Gasteiger partial charge is 0.450 e. The fraction of sp³-hybridized carbons (Fsp3) is 0.526. The van der Waals surface area contributed by atoms with Gasteiger partial charge in [-0.3, -0.25) is 4.79 Å². The molecule has 4 nitrogen and oxygen atoms in total.